The molecule has 0 atom stereocenters. The van der Waals surface area contributed by atoms with E-state index in [9.17, 15) is 13.2 Å². The number of methoxy groups -OCH3 is 1. The van der Waals surface area contributed by atoms with Gasteiger partial charge in [-0.05, 0) is 23.6 Å². The third-order valence-electron chi connectivity index (χ3n) is 4.18. The van der Waals surface area contributed by atoms with Gasteiger partial charge in [0.1, 0.15) is 9.96 Å². The first-order valence-electron chi connectivity index (χ1n) is 8.16. The van der Waals surface area contributed by atoms with Gasteiger partial charge < -0.3 is 9.64 Å². The minimum absolute atomic E-state index is 0.135. The number of thiophene rings is 1. The number of amides is 1. The summed E-state index contributed by atoms with van der Waals surface area (Å²) in [5.74, 6) is 0.562. The third-order valence-corrected chi connectivity index (χ3v) is 7.46. The van der Waals surface area contributed by atoms with Crippen LogP contribution >= 0.6 is 11.3 Å². The van der Waals surface area contributed by atoms with E-state index in [2.05, 4.69) is 0 Å². The van der Waals surface area contributed by atoms with E-state index in [-0.39, 0.29) is 5.91 Å². The summed E-state index contributed by atoms with van der Waals surface area (Å²) in [6.45, 7) is 1.35. The van der Waals surface area contributed by atoms with Crippen molar-refractivity contribution in [3.05, 3.63) is 53.4 Å². The molecule has 8 heteroatoms. The first kappa shape index (κ1) is 18.6. The molecular formula is C18H20N2O4S2. The average Bonchev–Trinajstić information content (AvgIpc) is 3.22. The summed E-state index contributed by atoms with van der Waals surface area (Å²) in [5.41, 5.74) is 0.822. The average molecular weight is 393 g/mol. The van der Waals surface area contributed by atoms with Gasteiger partial charge in [0.2, 0.25) is 5.91 Å². The lowest BCUT2D eigenvalue weighted by atomic mass is 10.2. The van der Waals surface area contributed by atoms with Crippen molar-refractivity contribution < 1.29 is 17.9 Å². The topological polar surface area (TPSA) is 66.9 Å². The number of nitrogens with zero attached hydrogens (tertiary/aromatic N) is 2. The quantitative estimate of drug-likeness (QED) is 0.733. The van der Waals surface area contributed by atoms with Crippen LogP contribution in [0.1, 0.15) is 5.56 Å². The van der Waals surface area contributed by atoms with E-state index in [1.165, 1.54) is 21.7 Å². The Balaban J connectivity index is 1.61. The van der Waals surface area contributed by atoms with Crippen LogP contribution in [0.25, 0.3) is 6.08 Å². The Morgan fingerprint density at radius 1 is 1.12 bits per heavy atom. The number of benzene rings is 1. The highest BCUT2D eigenvalue weighted by Gasteiger charge is 2.30. The number of carbonyl (C=O) groups is 1. The van der Waals surface area contributed by atoms with Crippen molar-refractivity contribution in [1.82, 2.24) is 9.21 Å². The van der Waals surface area contributed by atoms with Crippen molar-refractivity contribution in [2.75, 3.05) is 33.3 Å². The first-order valence-corrected chi connectivity index (χ1v) is 10.5. The molecule has 0 N–H and O–H groups in total. The summed E-state index contributed by atoms with van der Waals surface area (Å²) >= 11 is 1.21. The van der Waals surface area contributed by atoms with Gasteiger partial charge >= 0.3 is 0 Å². The highest BCUT2D eigenvalue weighted by molar-refractivity contribution is 7.91. The molecule has 0 unspecified atom stereocenters. The second-order valence-corrected chi connectivity index (χ2v) is 8.85. The molecule has 0 bridgehead atoms. The van der Waals surface area contributed by atoms with Gasteiger partial charge in [-0.2, -0.15) is 4.31 Å². The number of ether oxygens (including phenoxy) is 1. The molecule has 1 aliphatic heterocycles. The molecule has 1 aromatic carbocycles. The molecule has 1 fully saturated rings. The largest absolute Gasteiger partial charge is 0.496 e. The van der Waals surface area contributed by atoms with Crippen LogP contribution in [-0.4, -0.2) is 56.8 Å². The molecule has 3 rings (SSSR count). The molecule has 1 aliphatic rings. The Kier molecular flexibility index (Phi) is 5.75. The highest BCUT2D eigenvalue weighted by atomic mass is 32.2. The maximum Gasteiger partial charge on any atom is 0.252 e. The van der Waals surface area contributed by atoms with Crippen LogP contribution < -0.4 is 4.74 Å². The number of para-hydroxylation sites is 1. The van der Waals surface area contributed by atoms with Gasteiger partial charge in [0, 0.05) is 37.8 Å². The fraction of sp³-hybridized carbons (Fsp3) is 0.278. The van der Waals surface area contributed by atoms with E-state index in [1.807, 2.05) is 24.3 Å². The summed E-state index contributed by atoms with van der Waals surface area (Å²) in [4.78, 5) is 14.0. The minimum Gasteiger partial charge on any atom is -0.496 e. The molecule has 1 aromatic heterocycles. The van der Waals surface area contributed by atoms with Crippen LogP contribution in [0.3, 0.4) is 0 Å². The Morgan fingerprint density at radius 3 is 2.50 bits per heavy atom. The number of sulfonamides is 1. The molecule has 6 nitrogen and oxygen atoms in total. The van der Waals surface area contributed by atoms with Crippen molar-refractivity contribution >= 4 is 33.3 Å². The van der Waals surface area contributed by atoms with Gasteiger partial charge in [-0.15, -0.1) is 11.3 Å². The van der Waals surface area contributed by atoms with E-state index < -0.39 is 10.0 Å². The van der Waals surface area contributed by atoms with Gasteiger partial charge in [-0.3, -0.25) is 4.79 Å². The maximum absolute atomic E-state index is 12.5. The fourth-order valence-corrected chi connectivity index (χ4v) is 5.32. The number of piperazine rings is 1. The molecule has 2 heterocycles. The molecule has 0 radical (unpaired) electrons. The molecule has 0 spiro atoms. The maximum atomic E-state index is 12.5. The third kappa shape index (κ3) is 3.98. The number of hydrogen-bond donors (Lipinski definition) is 0. The van der Waals surface area contributed by atoms with Gasteiger partial charge in [-0.1, -0.05) is 24.3 Å². The lowest BCUT2D eigenvalue weighted by Gasteiger charge is -2.33. The van der Waals surface area contributed by atoms with Gasteiger partial charge in [0.05, 0.1) is 7.11 Å². The van der Waals surface area contributed by atoms with Gasteiger partial charge in [-0.25, -0.2) is 8.42 Å². The number of carbonyl (C=O) groups excluding carboxylic acids is 1. The van der Waals surface area contributed by atoms with Crippen molar-refractivity contribution in [1.29, 1.82) is 0 Å². The molecule has 1 amide bonds. The summed E-state index contributed by atoms with van der Waals surface area (Å²) in [7, 11) is -1.87. The van der Waals surface area contributed by atoms with E-state index in [4.69, 9.17) is 4.74 Å². The SMILES string of the molecule is COc1ccccc1C=CC(=O)N1CCN(S(=O)(=O)c2cccs2)CC1. The Labute approximate surface area is 157 Å². The van der Waals surface area contributed by atoms with Crippen LogP contribution in [0.2, 0.25) is 0 Å². The summed E-state index contributed by atoms with van der Waals surface area (Å²) < 4.78 is 32.1. The highest BCUT2D eigenvalue weighted by Crippen LogP contribution is 2.22. The van der Waals surface area contributed by atoms with Crippen LogP contribution in [0.5, 0.6) is 5.75 Å². The van der Waals surface area contributed by atoms with Gasteiger partial charge in [0.15, 0.2) is 0 Å². The lowest BCUT2D eigenvalue weighted by Crippen LogP contribution is -2.50. The summed E-state index contributed by atoms with van der Waals surface area (Å²) in [6.07, 6.45) is 3.22. The van der Waals surface area contributed by atoms with E-state index in [1.54, 1.807) is 35.6 Å². The van der Waals surface area contributed by atoms with Crippen LogP contribution in [0, 0.1) is 0 Å². The fourth-order valence-electron chi connectivity index (χ4n) is 2.76. The molecule has 26 heavy (non-hydrogen) atoms. The van der Waals surface area contributed by atoms with Gasteiger partial charge in [0.25, 0.3) is 10.0 Å². The van der Waals surface area contributed by atoms with E-state index in [0.29, 0.717) is 36.1 Å². The van der Waals surface area contributed by atoms with Crippen molar-refractivity contribution in [3.63, 3.8) is 0 Å². The smallest absolute Gasteiger partial charge is 0.252 e. The molecule has 2 aromatic rings. The summed E-state index contributed by atoms with van der Waals surface area (Å²) in [6, 6.07) is 10.8. The predicted octanol–water partition coefficient (Wildman–Crippen LogP) is 2.30. The monoisotopic (exact) mass is 392 g/mol. The first-order chi connectivity index (χ1) is 12.5. The Morgan fingerprint density at radius 2 is 1.85 bits per heavy atom. The second kappa shape index (κ2) is 8.03. The van der Waals surface area contributed by atoms with E-state index >= 15 is 0 Å². The van der Waals surface area contributed by atoms with Crippen LogP contribution in [0.15, 0.2) is 52.1 Å². The van der Waals surface area contributed by atoms with Crippen molar-refractivity contribution in [2.24, 2.45) is 0 Å². The zero-order chi connectivity index (χ0) is 18.6. The second-order valence-electron chi connectivity index (χ2n) is 5.74. The molecular weight excluding hydrogens is 372 g/mol. The predicted molar refractivity (Wildman–Crippen MR) is 102 cm³/mol. The number of rotatable bonds is 5. The van der Waals surface area contributed by atoms with Crippen LogP contribution in [-0.2, 0) is 14.8 Å². The molecule has 0 saturated carbocycles. The normalized spacial score (nSPS) is 16.1. The lowest BCUT2D eigenvalue weighted by molar-refractivity contribution is -0.127. The zero-order valence-electron chi connectivity index (χ0n) is 14.4. The van der Waals surface area contributed by atoms with Crippen LogP contribution in [0.4, 0.5) is 0 Å². The molecule has 0 aliphatic carbocycles. The Bertz CT molecular complexity index is 884. The standard InChI is InChI=1S/C18H20N2O4S2/c1-24-16-6-3-2-5-15(16)8-9-17(21)19-10-12-20(13-11-19)26(22,23)18-7-4-14-25-18/h2-9,14H,10-13H2,1H3. The number of hydrogen-bond acceptors (Lipinski definition) is 5. The zero-order valence-corrected chi connectivity index (χ0v) is 16.0. The molecule has 1 saturated heterocycles. The minimum atomic E-state index is -3.45. The van der Waals surface area contributed by atoms with Crippen molar-refractivity contribution in [2.45, 2.75) is 4.21 Å². The summed E-state index contributed by atoms with van der Waals surface area (Å²) in [5, 5.41) is 1.75. The van der Waals surface area contributed by atoms with E-state index in [0.717, 1.165) is 5.56 Å². The molecule has 138 valence electrons. The Hall–Kier alpha value is -2.16. The van der Waals surface area contributed by atoms with Crippen molar-refractivity contribution in [3.8, 4) is 5.75 Å².